The van der Waals surface area contributed by atoms with Crippen molar-refractivity contribution >= 4 is 29.0 Å². The highest BCUT2D eigenvalue weighted by Crippen LogP contribution is 2.36. The van der Waals surface area contributed by atoms with Gasteiger partial charge in [-0.15, -0.1) is 0 Å². The molecule has 2 saturated heterocycles. The van der Waals surface area contributed by atoms with Gasteiger partial charge in [-0.3, -0.25) is 9.59 Å². The van der Waals surface area contributed by atoms with Gasteiger partial charge in [0.25, 0.3) is 0 Å². The van der Waals surface area contributed by atoms with Crippen LogP contribution in [-0.4, -0.2) is 55.6 Å². The lowest BCUT2D eigenvalue weighted by Crippen LogP contribution is -2.29. The van der Waals surface area contributed by atoms with E-state index in [0.717, 1.165) is 31.7 Å². The summed E-state index contributed by atoms with van der Waals surface area (Å²) in [6, 6.07) is 5.26. The van der Waals surface area contributed by atoms with Gasteiger partial charge in [-0.25, -0.2) is 9.97 Å². The molecule has 3 heterocycles. The van der Waals surface area contributed by atoms with Crippen molar-refractivity contribution in [3.8, 4) is 11.5 Å². The first-order chi connectivity index (χ1) is 14.6. The summed E-state index contributed by atoms with van der Waals surface area (Å²) in [7, 11) is 3.11. The molecule has 9 nitrogen and oxygen atoms in total. The van der Waals surface area contributed by atoms with Crippen LogP contribution >= 0.6 is 0 Å². The van der Waals surface area contributed by atoms with Crippen molar-refractivity contribution in [3.05, 3.63) is 30.7 Å². The average Bonchev–Trinajstić information content (AvgIpc) is 3.43. The van der Waals surface area contributed by atoms with Crippen LogP contribution in [0.4, 0.5) is 17.2 Å². The van der Waals surface area contributed by atoms with Gasteiger partial charge < -0.3 is 24.6 Å². The van der Waals surface area contributed by atoms with Gasteiger partial charge in [0.15, 0.2) is 5.82 Å². The van der Waals surface area contributed by atoms with Gasteiger partial charge in [-0.2, -0.15) is 0 Å². The molecule has 1 atom stereocenters. The van der Waals surface area contributed by atoms with Crippen molar-refractivity contribution in [1.82, 2.24) is 9.97 Å². The van der Waals surface area contributed by atoms with Crippen molar-refractivity contribution in [3.63, 3.8) is 0 Å². The Morgan fingerprint density at radius 2 is 2.00 bits per heavy atom. The van der Waals surface area contributed by atoms with E-state index in [1.165, 1.54) is 13.4 Å². The molecular weight excluding hydrogens is 386 g/mol. The van der Waals surface area contributed by atoms with Crippen LogP contribution < -0.4 is 24.6 Å². The summed E-state index contributed by atoms with van der Waals surface area (Å²) in [5.74, 6) is 1.08. The van der Waals surface area contributed by atoms with E-state index in [-0.39, 0.29) is 24.8 Å². The topological polar surface area (TPSA) is 96.9 Å². The third-order valence-electron chi connectivity index (χ3n) is 5.53. The molecule has 2 amide bonds. The van der Waals surface area contributed by atoms with Crippen LogP contribution in [0.1, 0.15) is 19.3 Å². The van der Waals surface area contributed by atoms with Crippen molar-refractivity contribution in [1.29, 1.82) is 0 Å². The molecule has 0 spiro atoms. The van der Waals surface area contributed by atoms with E-state index < -0.39 is 5.92 Å². The van der Waals surface area contributed by atoms with Crippen LogP contribution in [0.2, 0.25) is 0 Å². The number of anilines is 3. The van der Waals surface area contributed by atoms with E-state index in [1.54, 1.807) is 36.4 Å². The first kappa shape index (κ1) is 19.9. The Bertz CT molecular complexity index is 945. The molecule has 0 radical (unpaired) electrons. The Morgan fingerprint density at radius 3 is 2.73 bits per heavy atom. The quantitative estimate of drug-likeness (QED) is 0.777. The summed E-state index contributed by atoms with van der Waals surface area (Å²) >= 11 is 0. The highest BCUT2D eigenvalue weighted by molar-refractivity contribution is 6.04. The summed E-state index contributed by atoms with van der Waals surface area (Å²) in [5, 5.41) is 2.93. The summed E-state index contributed by atoms with van der Waals surface area (Å²) in [5.41, 5.74) is 1.21. The van der Waals surface area contributed by atoms with E-state index in [0.29, 0.717) is 22.9 Å². The number of aromatic nitrogens is 2. The summed E-state index contributed by atoms with van der Waals surface area (Å²) in [4.78, 5) is 37.7. The zero-order valence-electron chi connectivity index (χ0n) is 17.1. The fourth-order valence-corrected chi connectivity index (χ4v) is 3.95. The third-order valence-corrected chi connectivity index (χ3v) is 5.53. The van der Waals surface area contributed by atoms with E-state index in [9.17, 15) is 9.59 Å². The molecule has 1 N–H and O–H groups in total. The molecule has 9 heteroatoms. The third kappa shape index (κ3) is 3.87. The SMILES string of the molecule is COc1ccc(N2CC(C(=O)Nc3cncnc3N3CCCC3)CC2=O)c(OC)c1. The minimum atomic E-state index is -0.476. The number of nitrogens with one attached hydrogen (secondary N) is 1. The Labute approximate surface area is 175 Å². The number of nitrogens with zero attached hydrogens (tertiary/aromatic N) is 4. The molecule has 1 aromatic heterocycles. The van der Waals surface area contributed by atoms with Gasteiger partial charge in [0.05, 0.1) is 32.0 Å². The van der Waals surface area contributed by atoms with Crippen molar-refractivity contribution < 1.29 is 19.1 Å². The van der Waals surface area contributed by atoms with E-state index in [1.807, 2.05) is 0 Å². The highest BCUT2D eigenvalue weighted by Gasteiger charge is 2.37. The average molecular weight is 411 g/mol. The van der Waals surface area contributed by atoms with Gasteiger partial charge in [0.1, 0.15) is 23.5 Å². The second-order valence-corrected chi connectivity index (χ2v) is 7.39. The smallest absolute Gasteiger partial charge is 0.229 e. The number of methoxy groups -OCH3 is 2. The number of carbonyl (C=O) groups is 2. The van der Waals surface area contributed by atoms with Gasteiger partial charge in [0.2, 0.25) is 11.8 Å². The van der Waals surface area contributed by atoms with Gasteiger partial charge in [0, 0.05) is 32.1 Å². The van der Waals surface area contributed by atoms with Crippen molar-refractivity contribution in [2.24, 2.45) is 5.92 Å². The molecule has 0 aliphatic carbocycles. The van der Waals surface area contributed by atoms with Gasteiger partial charge in [-0.1, -0.05) is 0 Å². The molecule has 2 fully saturated rings. The number of amides is 2. The molecule has 2 aliphatic heterocycles. The van der Waals surface area contributed by atoms with E-state index in [4.69, 9.17) is 9.47 Å². The van der Waals surface area contributed by atoms with E-state index in [2.05, 4.69) is 20.2 Å². The Kier molecular flexibility index (Phi) is 5.69. The van der Waals surface area contributed by atoms with E-state index >= 15 is 0 Å². The number of hydrogen-bond acceptors (Lipinski definition) is 7. The maximum Gasteiger partial charge on any atom is 0.229 e. The molecule has 30 heavy (non-hydrogen) atoms. The van der Waals surface area contributed by atoms with Crippen LogP contribution in [0.5, 0.6) is 11.5 Å². The monoisotopic (exact) mass is 411 g/mol. The summed E-state index contributed by atoms with van der Waals surface area (Å²) in [6.45, 7) is 2.10. The van der Waals surface area contributed by atoms with Crippen LogP contribution in [-0.2, 0) is 9.59 Å². The largest absolute Gasteiger partial charge is 0.497 e. The number of rotatable bonds is 6. The predicted octanol–water partition coefficient (Wildman–Crippen LogP) is 2.09. The van der Waals surface area contributed by atoms with Crippen molar-refractivity contribution in [2.75, 3.05) is 49.0 Å². The molecule has 0 bridgehead atoms. The first-order valence-corrected chi connectivity index (χ1v) is 9.99. The normalized spacial score (nSPS) is 18.6. The molecule has 2 aromatic rings. The zero-order valence-corrected chi connectivity index (χ0v) is 17.1. The van der Waals surface area contributed by atoms with Crippen LogP contribution in [0.15, 0.2) is 30.7 Å². The van der Waals surface area contributed by atoms with Gasteiger partial charge in [-0.05, 0) is 25.0 Å². The first-order valence-electron chi connectivity index (χ1n) is 9.99. The van der Waals surface area contributed by atoms with Crippen molar-refractivity contribution in [2.45, 2.75) is 19.3 Å². The Hall–Kier alpha value is -3.36. The second-order valence-electron chi connectivity index (χ2n) is 7.39. The molecule has 0 saturated carbocycles. The molecule has 158 valence electrons. The van der Waals surface area contributed by atoms with Crippen LogP contribution in [0.25, 0.3) is 0 Å². The lowest BCUT2D eigenvalue weighted by Gasteiger charge is -2.21. The molecule has 4 rings (SSSR count). The van der Waals surface area contributed by atoms with Crippen LogP contribution in [0.3, 0.4) is 0 Å². The molecule has 1 aromatic carbocycles. The molecular formula is C21H25N5O4. The number of carbonyl (C=O) groups excluding carboxylic acids is 2. The lowest BCUT2D eigenvalue weighted by molar-refractivity contribution is -0.122. The Morgan fingerprint density at radius 1 is 1.20 bits per heavy atom. The lowest BCUT2D eigenvalue weighted by atomic mass is 10.1. The number of benzene rings is 1. The number of hydrogen-bond donors (Lipinski definition) is 1. The summed E-state index contributed by atoms with van der Waals surface area (Å²) < 4.78 is 10.6. The number of ether oxygens (including phenoxy) is 2. The molecule has 1 unspecified atom stereocenters. The second kappa shape index (κ2) is 8.56. The fourth-order valence-electron chi connectivity index (χ4n) is 3.95. The fraction of sp³-hybridized carbons (Fsp3) is 0.429. The van der Waals surface area contributed by atoms with Crippen LogP contribution in [0, 0.1) is 5.92 Å². The Balaban J connectivity index is 1.49. The molecule has 2 aliphatic rings. The standard InChI is InChI=1S/C21H25N5O4/c1-29-15-5-6-17(18(10-15)30-2)26-12-14(9-19(26)27)21(28)24-16-11-22-13-23-20(16)25-7-3-4-8-25/h5-6,10-11,13-14H,3-4,7-9,12H2,1-2H3,(H,24,28). The minimum absolute atomic E-state index is 0.123. The summed E-state index contributed by atoms with van der Waals surface area (Å²) in [6.07, 6.45) is 5.44. The maximum atomic E-state index is 12.9. The minimum Gasteiger partial charge on any atom is -0.497 e. The maximum absolute atomic E-state index is 12.9. The zero-order chi connectivity index (χ0) is 21.1. The van der Waals surface area contributed by atoms with Gasteiger partial charge >= 0.3 is 0 Å². The highest BCUT2D eigenvalue weighted by atomic mass is 16.5. The predicted molar refractivity (Wildman–Crippen MR) is 112 cm³/mol.